The molecule has 162 valence electrons. The van der Waals surface area contributed by atoms with Crippen molar-refractivity contribution in [2.75, 3.05) is 26.9 Å². The predicted molar refractivity (Wildman–Crippen MR) is 113 cm³/mol. The van der Waals surface area contributed by atoms with Gasteiger partial charge in [-0.05, 0) is 40.9 Å². The van der Waals surface area contributed by atoms with Crippen LogP contribution in [0.15, 0.2) is 29.1 Å². The van der Waals surface area contributed by atoms with Crippen LogP contribution in [-0.2, 0) is 17.8 Å². The van der Waals surface area contributed by atoms with Gasteiger partial charge in [-0.2, -0.15) is 0 Å². The zero-order valence-electron chi connectivity index (χ0n) is 17.9. The van der Waals surface area contributed by atoms with Crippen molar-refractivity contribution >= 4 is 10.9 Å². The second-order valence-electron chi connectivity index (χ2n) is 7.59. The lowest BCUT2D eigenvalue weighted by Crippen LogP contribution is -3.11. The van der Waals surface area contributed by atoms with Gasteiger partial charge in [-0.1, -0.05) is 18.6 Å². The minimum Gasteiger partial charge on any atom is -0.396 e. The molecule has 2 aromatic heterocycles. The molecule has 0 bridgehead atoms. The first-order chi connectivity index (χ1) is 14.6. The van der Waals surface area contributed by atoms with Crippen LogP contribution in [0.25, 0.3) is 10.9 Å². The number of hydrogen-bond acceptors (Lipinski definition) is 6. The van der Waals surface area contributed by atoms with E-state index in [-0.39, 0.29) is 18.2 Å². The van der Waals surface area contributed by atoms with Crippen LogP contribution >= 0.6 is 0 Å². The lowest BCUT2D eigenvalue weighted by atomic mass is 10.1. The molecule has 0 fully saturated rings. The number of hydrogen-bond donors (Lipinski definition) is 3. The number of aromatic nitrogens is 5. The highest BCUT2D eigenvalue weighted by Crippen LogP contribution is 2.14. The Balaban J connectivity index is 1.93. The molecule has 1 aromatic carbocycles. The Labute approximate surface area is 175 Å². The van der Waals surface area contributed by atoms with Crippen molar-refractivity contribution in [2.24, 2.45) is 0 Å². The summed E-state index contributed by atoms with van der Waals surface area (Å²) >= 11 is 0. The Bertz CT molecular complexity index is 1020. The molecule has 3 rings (SSSR count). The topological polar surface area (TPSA) is 110 Å². The van der Waals surface area contributed by atoms with E-state index in [2.05, 4.69) is 33.5 Å². The normalized spacial score (nSPS) is 13.6. The summed E-state index contributed by atoms with van der Waals surface area (Å²) in [6.07, 6.45) is 1.44. The first-order valence-corrected chi connectivity index (χ1v) is 10.4. The average Bonchev–Trinajstić information content (AvgIpc) is 3.19. The predicted octanol–water partition coefficient (Wildman–Crippen LogP) is 0.388. The van der Waals surface area contributed by atoms with Crippen LogP contribution in [0, 0.1) is 6.92 Å². The molecule has 0 spiro atoms. The number of aryl methyl sites for hydroxylation is 1. The van der Waals surface area contributed by atoms with Gasteiger partial charge in [0.15, 0.2) is 0 Å². The van der Waals surface area contributed by atoms with Gasteiger partial charge in [-0.15, -0.1) is 5.10 Å². The third-order valence-corrected chi connectivity index (χ3v) is 5.43. The molecular formula is C21H31N6O3+. The number of H-pyrrole nitrogens is 1. The smallest absolute Gasteiger partial charge is 0.257 e. The van der Waals surface area contributed by atoms with Crippen LogP contribution in [0.1, 0.15) is 42.8 Å². The number of aromatic amines is 1. The number of tetrazole rings is 1. The van der Waals surface area contributed by atoms with Gasteiger partial charge in [0.25, 0.3) is 5.56 Å². The lowest BCUT2D eigenvalue weighted by molar-refractivity contribution is -0.946. The van der Waals surface area contributed by atoms with Crippen molar-refractivity contribution in [3.05, 3.63) is 51.6 Å². The van der Waals surface area contributed by atoms with E-state index in [0.29, 0.717) is 32.7 Å². The molecule has 9 heteroatoms. The molecule has 0 saturated carbocycles. The molecule has 0 aliphatic rings. The van der Waals surface area contributed by atoms with Gasteiger partial charge in [0.2, 0.25) is 5.82 Å². The number of quaternary nitrogens is 1. The second kappa shape index (κ2) is 10.4. The van der Waals surface area contributed by atoms with Crippen LogP contribution in [-0.4, -0.2) is 57.2 Å². The van der Waals surface area contributed by atoms with Crippen LogP contribution in [0.5, 0.6) is 0 Å². The Kier molecular flexibility index (Phi) is 7.67. The zero-order valence-corrected chi connectivity index (χ0v) is 17.9. The average molecular weight is 416 g/mol. The maximum Gasteiger partial charge on any atom is 0.257 e. The fourth-order valence-corrected chi connectivity index (χ4v) is 3.89. The summed E-state index contributed by atoms with van der Waals surface area (Å²) in [6.45, 7) is 6.54. The minimum atomic E-state index is -0.0818. The van der Waals surface area contributed by atoms with Gasteiger partial charge >= 0.3 is 0 Å². The number of methoxy groups -OCH3 is 1. The van der Waals surface area contributed by atoms with Crippen molar-refractivity contribution in [2.45, 2.75) is 45.8 Å². The maximum absolute atomic E-state index is 12.8. The summed E-state index contributed by atoms with van der Waals surface area (Å²) in [4.78, 5) is 16.9. The summed E-state index contributed by atoms with van der Waals surface area (Å²) in [7, 11) is 1.65. The molecule has 0 aliphatic heterocycles. The maximum atomic E-state index is 12.8. The molecule has 3 N–H and O–H groups in total. The molecule has 2 atom stereocenters. The Hall–Kier alpha value is -2.62. The Morgan fingerprint density at radius 1 is 1.33 bits per heavy atom. The van der Waals surface area contributed by atoms with Gasteiger partial charge in [0, 0.05) is 32.1 Å². The van der Waals surface area contributed by atoms with Gasteiger partial charge in [0.1, 0.15) is 12.6 Å². The molecule has 1 unspecified atom stereocenters. The molecule has 30 heavy (non-hydrogen) atoms. The van der Waals surface area contributed by atoms with Crippen LogP contribution in [0.2, 0.25) is 0 Å². The zero-order chi connectivity index (χ0) is 21.5. The van der Waals surface area contributed by atoms with Crippen molar-refractivity contribution in [3.63, 3.8) is 0 Å². The van der Waals surface area contributed by atoms with Gasteiger partial charge in [0.05, 0.1) is 25.3 Å². The van der Waals surface area contributed by atoms with Crippen molar-refractivity contribution in [1.82, 2.24) is 25.2 Å². The summed E-state index contributed by atoms with van der Waals surface area (Å²) < 4.78 is 6.94. The fraction of sp³-hybridized carbons (Fsp3) is 0.524. The summed E-state index contributed by atoms with van der Waals surface area (Å²) in [5, 5.41) is 22.7. The first kappa shape index (κ1) is 22.1. The third kappa shape index (κ3) is 5.10. The number of aliphatic hydroxyl groups excluding tert-OH is 1. The number of pyridine rings is 1. The highest BCUT2D eigenvalue weighted by molar-refractivity contribution is 5.79. The largest absolute Gasteiger partial charge is 0.396 e. The van der Waals surface area contributed by atoms with E-state index in [1.54, 1.807) is 11.8 Å². The van der Waals surface area contributed by atoms with E-state index in [1.165, 1.54) is 0 Å². The van der Waals surface area contributed by atoms with Crippen LogP contribution in [0.4, 0.5) is 0 Å². The van der Waals surface area contributed by atoms with E-state index in [9.17, 15) is 9.90 Å². The quantitative estimate of drug-likeness (QED) is 0.418. The third-order valence-electron chi connectivity index (χ3n) is 5.43. The number of aliphatic hydroxyl groups is 1. The molecule has 2 heterocycles. The molecular weight excluding hydrogens is 384 g/mol. The van der Waals surface area contributed by atoms with Crippen molar-refractivity contribution < 1.29 is 14.7 Å². The minimum absolute atomic E-state index is 0.00369. The van der Waals surface area contributed by atoms with E-state index in [0.717, 1.165) is 39.2 Å². The van der Waals surface area contributed by atoms with E-state index >= 15 is 0 Å². The Morgan fingerprint density at radius 3 is 2.90 bits per heavy atom. The number of benzene rings is 1. The van der Waals surface area contributed by atoms with Crippen molar-refractivity contribution in [3.8, 4) is 0 Å². The number of rotatable bonds is 11. The monoisotopic (exact) mass is 415 g/mol. The molecule has 9 nitrogen and oxygen atoms in total. The van der Waals surface area contributed by atoms with Crippen LogP contribution < -0.4 is 10.5 Å². The summed E-state index contributed by atoms with van der Waals surface area (Å²) in [5.41, 5.74) is 2.62. The standard InChI is InChI=1S/C21H30N6O3/c1-4-19(20-23-24-25-27(20)9-11-30-3)26(8-5-10-28)14-17-13-16-12-15(2)6-7-18(16)22-21(17)29/h6-7,12-13,19,28H,4-5,8-11,14H2,1-3H3,(H,22,29)/p+1/t19-/m0/s1. The molecule has 0 radical (unpaired) electrons. The summed E-state index contributed by atoms with van der Waals surface area (Å²) in [5.74, 6) is 0.774. The number of fused-ring (bicyclic) bond motifs is 1. The highest BCUT2D eigenvalue weighted by Gasteiger charge is 2.29. The second-order valence-corrected chi connectivity index (χ2v) is 7.59. The van der Waals surface area contributed by atoms with Crippen molar-refractivity contribution in [1.29, 1.82) is 0 Å². The fourth-order valence-electron chi connectivity index (χ4n) is 3.89. The number of nitrogens with zero attached hydrogens (tertiary/aromatic N) is 4. The lowest BCUT2D eigenvalue weighted by Gasteiger charge is -2.27. The van der Waals surface area contributed by atoms with E-state index < -0.39 is 0 Å². The van der Waals surface area contributed by atoms with E-state index in [4.69, 9.17) is 4.74 Å². The van der Waals surface area contributed by atoms with Gasteiger partial charge in [-0.25, -0.2) is 4.68 Å². The number of nitrogens with one attached hydrogen (secondary N) is 2. The molecule has 0 aliphatic carbocycles. The van der Waals surface area contributed by atoms with E-state index in [1.807, 2.05) is 25.1 Å². The van der Waals surface area contributed by atoms with Crippen LogP contribution in [0.3, 0.4) is 0 Å². The molecule has 3 aromatic rings. The molecule has 0 amide bonds. The van der Waals surface area contributed by atoms with Gasteiger partial charge < -0.3 is 19.7 Å². The van der Waals surface area contributed by atoms with Gasteiger partial charge in [-0.3, -0.25) is 4.79 Å². The number of ether oxygens (including phenoxy) is 1. The molecule has 0 saturated heterocycles. The highest BCUT2D eigenvalue weighted by atomic mass is 16.5. The Morgan fingerprint density at radius 2 is 2.17 bits per heavy atom. The SMILES string of the molecule is CC[C@@H](c1nnnn1CCOC)[NH+](CCCO)Cc1cc2cc(C)ccc2[nH]c1=O. The summed E-state index contributed by atoms with van der Waals surface area (Å²) in [6, 6.07) is 7.97. The first-order valence-electron chi connectivity index (χ1n) is 10.4.